The largest absolute Gasteiger partial charge is 0.381 e. The van der Waals surface area contributed by atoms with E-state index in [1.165, 1.54) is 6.42 Å². The van der Waals surface area contributed by atoms with Crippen LogP contribution >= 0.6 is 0 Å². The smallest absolute Gasteiger partial charge is 0.0990 e. The van der Waals surface area contributed by atoms with Crippen LogP contribution in [0.3, 0.4) is 0 Å². The Kier molecular flexibility index (Phi) is 5.89. The molecule has 4 unspecified atom stereocenters. The lowest BCUT2D eigenvalue weighted by Gasteiger charge is -2.44. The lowest BCUT2D eigenvalue weighted by Crippen LogP contribution is -2.60. The van der Waals surface area contributed by atoms with Crippen LogP contribution in [0.25, 0.3) is 0 Å². The van der Waals surface area contributed by atoms with Crippen LogP contribution < -0.4 is 5.32 Å². The Bertz CT molecular complexity index is 231. The standard InChI is InChI=1S/C14H27NO3/c1-3-6-15-12-8-13(14(12)17-4-2)18-10-11-5-7-16-9-11/h11-15H,3-10H2,1-2H3. The fourth-order valence-corrected chi connectivity index (χ4v) is 2.66. The van der Waals surface area contributed by atoms with Gasteiger partial charge in [0.25, 0.3) is 0 Å². The van der Waals surface area contributed by atoms with Crippen LogP contribution in [0.1, 0.15) is 33.1 Å². The summed E-state index contributed by atoms with van der Waals surface area (Å²) in [5.41, 5.74) is 0. The van der Waals surface area contributed by atoms with Gasteiger partial charge in [-0.15, -0.1) is 0 Å². The normalized spacial score (nSPS) is 35.7. The van der Waals surface area contributed by atoms with Crippen LogP contribution in [0.5, 0.6) is 0 Å². The summed E-state index contributed by atoms with van der Waals surface area (Å²) in [6.07, 6.45) is 3.91. The van der Waals surface area contributed by atoms with Gasteiger partial charge in [0.2, 0.25) is 0 Å². The Morgan fingerprint density at radius 1 is 1.28 bits per heavy atom. The number of ether oxygens (including phenoxy) is 3. The first kappa shape index (κ1) is 14.3. The van der Waals surface area contributed by atoms with Crippen molar-refractivity contribution in [1.82, 2.24) is 5.32 Å². The van der Waals surface area contributed by atoms with Crippen molar-refractivity contribution < 1.29 is 14.2 Å². The van der Waals surface area contributed by atoms with Gasteiger partial charge in [0, 0.05) is 25.2 Å². The zero-order valence-corrected chi connectivity index (χ0v) is 11.7. The van der Waals surface area contributed by atoms with E-state index in [0.29, 0.717) is 12.0 Å². The van der Waals surface area contributed by atoms with E-state index in [1.54, 1.807) is 0 Å². The molecule has 1 aliphatic carbocycles. The summed E-state index contributed by atoms with van der Waals surface area (Å²) in [7, 11) is 0. The Hall–Kier alpha value is -0.160. The van der Waals surface area contributed by atoms with Gasteiger partial charge in [0.05, 0.1) is 25.4 Å². The maximum atomic E-state index is 5.99. The molecule has 1 saturated carbocycles. The molecule has 1 heterocycles. The van der Waals surface area contributed by atoms with Gasteiger partial charge in [-0.25, -0.2) is 0 Å². The van der Waals surface area contributed by atoms with Crippen LogP contribution in [0, 0.1) is 5.92 Å². The summed E-state index contributed by atoms with van der Waals surface area (Å²) in [6, 6.07) is 0.481. The molecule has 2 rings (SSSR count). The van der Waals surface area contributed by atoms with Gasteiger partial charge in [-0.3, -0.25) is 0 Å². The lowest BCUT2D eigenvalue weighted by atomic mass is 9.85. The number of hydrogen-bond donors (Lipinski definition) is 1. The lowest BCUT2D eigenvalue weighted by molar-refractivity contribution is -0.150. The Labute approximate surface area is 110 Å². The third-order valence-corrected chi connectivity index (χ3v) is 3.83. The van der Waals surface area contributed by atoms with E-state index in [1.807, 2.05) is 0 Å². The van der Waals surface area contributed by atoms with Crippen LogP contribution in [-0.4, -0.2) is 51.2 Å². The van der Waals surface area contributed by atoms with E-state index in [9.17, 15) is 0 Å². The van der Waals surface area contributed by atoms with Crippen molar-refractivity contribution in [3.05, 3.63) is 0 Å². The summed E-state index contributed by atoms with van der Waals surface area (Å²) in [6.45, 7) is 8.66. The Morgan fingerprint density at radius 3 is 2.83 bits per heavy atom. The molecule has 4 nitrogen and oxygen atoms in total. The Balaban J connectivity index is 1.68. The van der Waals surface area contributed by atoms with Crippen molar-refractivity contribution in [3.63, 3.8) is 0 Å². The van der Waals surface area contributed by atoms with Crippen molar-refractivity contribution in [2.24, 2.45) is 5.92 Å². The van der Waals surface area contributed by atoms with Gasteiger partial charge in [-0.1, -0.05) is 6.92 Å². The molecule has 0 bridgehead atoms. The van der Waals surface area contributed by atoms with Crippen LogP contribution in [0.15, 0.2) is 0 Å². The first-order valence-corrected chi connectivity index (χ1v) is 7.39. The Morgan fingerprint density at radius 2 is 2.17 bits per heavy atom. The van der Waals surface area contributed by atoms with Gasteiger partial charge in [0.15, 0.2) is 0 Å². The van der Waals surface area contributed by atoms with Gasteiger partial charge in [0.1, 0.15) is 0 Å². The van der Waals surface area contributed by atoms with E-state index < -0.39 is 0 Å². The average molecular weight is 257 g/mol. The van der Waals surface area contributed by atoms with Crippen LogP contribution in [0.2, 0.25) is 0 Å². The summed E-state index contributed by atoms with van der Waals surface area (Å²) >= 11 is 0. The third kappa shape index (κ3) is 3.67. The molecule has 0 spiro atoms. The quantitative estimate of drug-likeness (QED) is 0.717. The second-order valence-corrected chi connectivity index (χ2v) is 5.32. The number of hydrogen-bond acceptors (Lipinski definition) is 4. The highest BCUT2D eigenvalue weighted by atomic mass is 16.5. The predicted octanol–water partition coefficient (Wildman–Crippen LogP) is 1.59. The molecular weight excluding hydrogens is 230 g/mol. The predicted molar refractivity (Wildman–Crippen MR) is 70.8 cm³/mol. The molecule has 1 saturated heterocycles. The fraction of sp³-hybridized carbons (Fsp3) is 1.00. The van der Waals surface area contributed by atoms with Gasteiger partial charge < -0.3 is 19.5 Å². The summed E-state index contributed by atoms with van der Waals surface area (Å²) in [5, 5.41) is 3.53. The first-order valence-electron chi connectivity index (χ1n) is 7.39. The second kappa shape index (κ2) is 7.43. The molecule has 0 radical (unpaired) electrons. The van der Waals surface area contributed by atoms with Crippen molar-refractivity contribution in [2.75, 3.05) is 33.0 Å². The van der Waals surface area contributed by atoms with E-state index in [0.717, 1.165) is 45.8 Å². The highest BCUT2D eigenvalue weighted by molar-refractivity contribution is 4.97. The van der Waals surface area contributed by atoms with Crippen molar-refractivity contribution >= 4 is 0 Å². The summed E-state index contributed by atoms with van der Waals surface area (Å²) < 4.78 is 17.2. The molecule has 2 fully saturated rings. The maximum absolute atomic E-state index is 5.99. The zero-order valence-electron chi connectivity index (χ0n) is 11.7. The molecular formula is C14H27NO3. The van der Waals surface area contributed by atoms with Crippen LogP contribution in [0.4, 0.5) is 0 Å². The maximum Gasteiger partial charge on any atom is 0.0990 e. The zero-order chi connectivity index (χ0) is 12.8. The molecule has 1 aliphatic heterocycles. The SMILES string of the molecule is CCCNC1CC(OCC2CCOC2)C1OCC. The van der Waals surface area contributed by atoms with Gasteiger partial charge in [-0.05, 0) is 32.7 Å². The fourth-order valence-electron chi connectivity index (χ4n) is 2.66. The first-order chi connectivity index (χ1) is 8.85. The van der Waals surface area contributed by atoms with E-state index in [4.69, 9.17) is 14.2 Å². The van der Waals surface area contributed by atoms with Crippen molar-refractivity contribution in [1.29, 1.82) is 0 Å². The molecule has 4 atom stereocenters. The monoisotopic (exact) mass is 257 g/mol. The van der Waals surface area contributed by atoms with Crippen LogP contribution in [-0.2, 0) is 14.2 Å². The topological polar surface area (TPSA) is 39.7 Å². The molecule has 0 aromatic heterocycles. The molecule has 0 aromatic carbocycles. The molecule has 4 heteroatoms. The minimum atomic E-state index is 0.240. The van der Waals surface area contributed by atoms with E-state index in [-0.39, 0.29) is 12.2 Å². The molecule has 1 N–H and O–H groups in total. The average Bonchev–Trinajstić information content (AvgIpc) is 2.87. The van der Waals surface area contributed by atoms with E-state index in [2.05, 4.69) is 19.2 Å². The minimum Gasteiger partial charge on any atom is -0.381 e. The number of nitrogens with one attached hydrogen (secondary N) is 1. The van der Waals surface area contributed by atoms with E-state index >= 15 is 0 Å². The summed E-state index contributed by atoms with van der Waals surface area (Å²) in [5.74, 6) is 0.593. The molecule has 106 valence electrons. The molecule has 18 heavy (non-hydrogen) atoms. The number of rotatable bonds is 8. The third-order valence-electron chi connectivity index (χ3n) is 3.83. The highest BCUT2D eigenvalue weighted by Crippen LogP contribution is 2.28. The summed E-state index contributed by atoms with van der Waals surface area (Å²) in [4.78, 5) is 0. The van der Waals surface area contributed by atoms with Gasteiger partial charge in [-0.2, -0.15) is 0 Å². The molecule has 2 aliphatic rings. The minimum absolute atomic E-state index is 0.240. The van der Waals surface area contributed by atoms with Gasteiger partial charge >= 0.3 is 0 Å². The molecule has 0 amide bonds. The van der Waals surface area contributed by atoms with Crippen molar-refractivity contribution in [3.8, 4) is 0 Å². The van der Waals surface area contributed by atoms with Crippen molar-refractivity contribution in [2.45, 2.75) is 51.4 Å². The molecule has 0 aromatic rings. The highest BCUT2D eigenvalue weighted by Gasteiger charge is 2.42. The second-order valence-electron chi connectivity index (χ2n) is 5.32.